The van der Waals surface area contributed by atoms with E-state index in [0.717, 1.165) is 24.0 Å². The van der Waals surface area contributed by atoms with Crippen LogP contribution in [0.25, 0.3) is 60.6 Å². The second-order valence-corrected chi connectivity index (χ2v) is 11.9. The Morgan fingerprint density at radius 1 is 0.535 bits per heavy atom. The first kappa shape index (κ1) is 27.4. The minimum atomic E-state index is 1.05. The first-order valence-electron chi connectivity index (χ1n) is 16.2. The molecule has 0 saturated carbocycles. The molecule has 0 unspecified atom stereocenters. The Morgan fingerprint density at radius 3 is 1.77 bits per heavy atom. The topological polar surface area (TPSA) is 17.3 Å². The molecule has 4 aromatic carbocycles. The van der Waals surface area contributed by atoms with Gasteiger partial charge in [0.1, 0.15) is 5.65 Å². The molecule has 0 aliphatic heterocycles. The van der Waals surface area contributed by atoms with Crippen LogP contribution in [0.5, 0.6) is 0 Å². The largest absolute Gasteiger partial charge is 0.293 e. The summed E-state index contributed by atoms with van der Waals surface area (Å²) in [5, 5.41) is 3.87. The summed E-state index contributed by atoms with van der Waals surface area (Å²) >= 11 is 0. The van der Waals surface area contributed by atoms with Crippen LogP contribution >= 0.6 is 0 Å². The molecule has 7 rings (SSSR count). The molecular formula is C41H40N2. The monoisotopic (exact) mass is 560 g/mol. The number of hydrogen-bond donors (Lipinski definition) is 0. The molecule has 0 N–H and O–H groups in total. The van der Waals surface area contributed by atoms with Gasteiger partial charge in [0.25, 0.3) is 0 Å². The van der Waals surface area contributed by atoms with E-state index in [1.54, 1.807) is 0 Å². The number of pyridine rings is 2. The Kier molecular flexibility index (Phi) is 7.68. The van der Waals surface area contributed by atoms with E-state index in [9.17, 15) is 0 Å². The van der Waals surface area contributed by atoms with Gasteiger partial charge in [0.2, 0.25) is 0 Å². The first-order chi connectivity index (χ1) is 21.3. The number of unbranched alkanes of at least 4 members (excludes halogenated alkanes) is 4. The van der Waals surface area contributed by atoms with Gasteiger partial charge in [0.05, 0.1) is 16.6 Å². The second kappa shape index (κ2) is 12.1. The smallest absolute Gasteiger partial charge is 0.146 e. The average Bonchev–Trinajstić information content (AvgIpc) is 3.41. The van der Waals surface area contributed by atoms with Crippen molar-refractivity contribution in [2.45, 2.75) is 65.2 Å². The minimum Gasteiger partial charge on any atom is -0.293 e. The molecule has 2 heteroatoms. The molecule has 0 amide bonds. The third kappa shape index (κ3) is 4.79. The van der Waals surface area contributed by atoms with Gasteiger partial charge in [0.15, 0.2) is 0 Å². The molecule has 214 valence electrons. The molecule has 0 bridgehead atoms. The van der Waals surface area contributed by atoms with E-state index in [1.807, 2.05) is 0 Å². The molecule has 0 saturated heterocycles. The lowest BCUT2D eigenvalue weighted by molar-refractivity contribution is 0.697. The van der Waals surface area contributed by atoms with Gasteiger partial charge in [-0.25, -0.2) is 4.98 Å². The number of benzene rings is 4. The lowest BCUT2D eigenvalue weighted by Crippen LogP contribution is -2.06. The van der Waals surface area contributed by atoms with Crippen molar-refractivity contribution in [3.05, 3.63) is 120 Å². The molecular weight excluding hydrogens is 520 g/mol. The predicted molar refractivity (Wildman–Crippen MR) is 185 cm³/mol. The van der Waals surface area contributed by atoms with E-state index in [1.165, 1.54) is 99.1 Å². The van der Waals surface area contributed by atoms with E-state index in [0.29, 0.717) is 0 Å². The third-order valence-electron chi connectivity index (χ3n) is 9.10. The number of nitrogens with zero attached hydrogens (tertiary/aromatic N) is 2. The highest BCUT2D eigenvalue weighted by atomic mass is 15.0. The van der Waals surface area contributed by atoms with Crippen LogP contribution < -0.4 is 0 Å². The third-order valence-corrected chi connectivity index (χ3v) is 9.10. The van der Waals surface area contributed by atoms with Crippen molar-refractivity contribution in [3.63, 3.8) is 0 Å². The van der Waals surface area contributed by atoms with Crippen molar-refractivity contribution in [2.24, 2.45) is 0 Å². The van der Waals surface area contributed by atoms with Gasteiger partial charge in [0, 0.05) is 27.3 Å². The highest BCUT2D eigenvalue weighted by molar-refractivity contribution is 6.15. The quantitative estimate of drug-likeness (QED) is 0.120. The lowest BCUT2D eigenvalue weighted by atomic mass is 9.87. The number of aryl methyl sites for hydroxylation is 2. The van der Waals surface area contributed by atoms with Crippen molar-refractivity contribution in [1.29, 1.82) is 0 Å². The zero-order chi connectivity index (χ0) is 29.2. The Morgan fingerprint density at radius 2 is 1.09 bits per heavy atom. The molecule has 0 aliphatic rings. The van der Waals surface area contributed by atoms with Gasteiger partial charge in [-0.2, -0.15) is 0 Å². The van der Waals surface area contributed by atoms with Gasteiger partial charge in [-0.3, -0.25) is 4.40 Å². The summed E-state index contributed by atoms with van der Waals surface area (Å²) in [6, 6.07) is 39.8. The molecule has 0 atom stereocenters. The molecule has 0 aliphatic carbocycles. The highest BCUT2D eigenvalue weighted by Crippen LogP contribution is 2.45. The van der Waals surface area contributed by atoms with Crippen LogP contribution in [0.1, 0.15) is 63.5 Å². The summed E-state index contributed by atoms with van der Waals surface area (Å²) in [6.45, 7) is 4.61. The zero-order valence-corrected chi connectivity index (χ0v) is 25.4. The fourth-order valence-corrected chi connectivity index (χ4v) is 7.14. The predicted octanol–water partition coefficient (Wildman–Crippen LogP) is 11.6. The second-order valence-electron chi connectivity index (χ2n) is 11.9. The van der Waals surface area contributed by atoms with Gasteiger partial charge in [-0.15, -0.1) is 0 Å². The number of hydrogen-bond acceptors (Lipinski definition) is 1. The van der Waals surface area contributed by atoms with Crippen molar-refractivity contribution < 1.29 is 0 Å². The Hall–Kier alpha value is -4.43. The summed E-state index contributed by atoms with van der Waals surface area (Å²) in [5.41, 5.74) is 12.9. The molecule has 7 aromatic rings. The SMILES string of the molecule is CCCCCc1c(CCCCC)c2c(-c3ccccc3)c3ccccc3n2c2nc3ccccc3c(-c3ccccc3)c12. The Bertz CT molecular complexity index is 2030. The maximum Gasteiger partial charge on any atom is 0.146 e. The highest BCUT2D eigenvalue weighted by Gasteiger charge is 2.25. The van der Waals surface area contributed by atoms with Crippen molar-refractivity contribution in [1.82, 2.24) is 9.38 Å². The van der Waals surface area contributed by atoms with E-state index in [4.69, 9.17) is 4.98 Å². The van der Waals surface area contributed by atoms with Crippen LogP contribution in [0, 0.1) is 0 Å². The average molecular weight is 561 g/mol. The number of fused-ring (bicyclic) bond motifs is 6. The van der Waals surface area contributed by atoms with Crippen LogP contribution in [0.4, 0.5) is 0 Å². The Balaban J connectivity index is 1.75. The fourth-order valence-electron chi connectivity index (χ4n) is 7.14. The minimum absolute atomic E-state index is 1.05. The fraction of sp³-hybridized carbons (Fsp3) is 0.244. The number of aromatic nitrogens is 2. The summed E-state index contributed by atoms with van der Waals surface area (Å²) in [4.78, 5) is 5.54. The van der Waals surface area contributed by atoms with Gasteiger partial charge in [-0.1, -0.05) is 137 Å². The van der Waals surface area contributed by atoms with Crippen LogP contribution in [0.15, 0.2) is 109 Å². The number of para-hydroxylation sites is 2. The lowest BCUT2D eigenvalue weighted by Gasteiger charge is -2.22. The van der Waals surface area contributed by atoms with Crippen molar-refractivity contribution in [2.75, 3.05) is 0 Å². The molecule has 0 radical (unpaired) electrons. The van der Waals surface area contributed by atoms with E-state index >= 15 is 0 Å². The van der Waals surface area contributed by atoms with Crippen molar-refractivity contribution >= 4 is 38.4 Å². The first-order valence-corrected chi connectivity index (χ1v) is 16.2. The maximum atomic E-state index is 5.54. The summed E-state index contributed by atoms with van der Waals surface area (Å²) in [7, 11) is 0. The number of rotatable bonds is 10. The normalized spacial score (nSPS) is 11.8. The van der Waals surface area contributed by atoms with Gasteiger partial charge in [-0.05, 0) is 60.1 Å². The van der Waals surface area contributed by atoms with Crippen LogP contribution in [0.3, 0.4) is 0 Å². The molecule has 0 fully saturated rings. The van der Waals surface area contributed by atoms with Crippen LogP contribution in [0.2, 0.25) is 0 Å². The summed E-state index contributed by atoms with van der Waals surface area (Å²) in [5.74, 6) is 0. The summed E-state index contributed by atoms with van der Waals surface area (Å²) < 4.78 is 2.52. The van der Waals surface area contributed by atoms with Gasteiger partial charge < -0.3 is 0 Å². The van der Waals surface area contributed by atoms with E-state index in [2.05, 4.69) is 127 Å². The molecule has 3 heterocycles. The van der Waals surface area contributed by atoms with Crippen molar-refractivity contribution in [3.8, 4) is 22.3 Å². The standard InChI is InChI=1S/C41H40N2/c1-3-5-9-23-31-32(24-10-6-4-2)40-38(30-21-13-8-14-22-30)34-26-16-18-28-36(34)43(40)41-39(31)37(29-19-11-7-12-20-29)33-25-15-17-27-35(33)42-41/h7-8,11-22,25-28H,3-6,9-10,23-24H2,1-2H3. The summed E-state index contributed by atoms with van der Waals surface area (Å²) in [6.07, 6.45) is 9.41. The Labute approximate surface area is 255 Å². The molecule has 3 aromatic heterocycles. The van der Waals surface area contributed by atoms with Crippen LogP contribution in [-0.4, -0.2) is 9.38 Å². The molecule has 0 spiro atoms. The molecule has 43 heavy (non-hydrogen) atoms. The van der Waals surface area contributed by atoms with Crippen LogP contribution in [-0.2, 0) is 12.8 Å². The van der Waals surface area contributed by atoms with E-state index < -0.39 is 0 Å². The maximum absolute atomic E-state index is 5.54. The van der Waals surface area contributed by atoms with E-state index in [-0.39, 0.29) is 0 Å². The van der Waals surface area contributed by atoms with Gasteiger partial charge >= 0.3 is 0 Å². The zero-order valence-electron chi connectivity index (χ0n) is 25.4. The molecule has 2 nitrogen and oxygen atoms in total.